The first-order valence-electron chi connectivity index (χ1n) is 11.7. The molecule has 0 aliphatic carbocycles. The lowest BCUT2D eigenvalue weighted by Crippen LogP contribution is -2.38. The maximum absolute atomic E-state index is 13.6. The molecule has 0 atom stereocenters. The Kier molecular flexibility index (Phi) is 7.84. The molecule has 0 saturated carbocycles. The zero-order valence-electron chi connectivity index (χ0n) is 20.8. The normalized spacial score (nSPS) is 11.5. The molecule has 2 N–H and O–H groups in total. The van der Waals surface area contributed by atoms with Gasteiger partial charge in [0.2, 0.25) is 5.91 Å². The van der Waals surface area contributed by atoms with E-state index in [1.165, 1.54) is 36.4 Å². The van der Waals surface area contributed by atoms with E-state index in [1.807, 2.05) is 13.0 Å². The van der Waals surface area contributed by atoms with Gasteiger partial charge in [-0.1, -0.05) is 60.7 Å². The van der Waals surface area contributed by atoms with E-state index in [1.54, 1.807) is 67.6 Å². The Hall–Kier alpha value is -4.15. The number of sulfonamides is 2. The van der Waals surface area contributed by atoms with Crippen LogP contribution in [-0.2, 0) is 24.8 Å². The van der Waals surface area contributed by atoms with Crippen LogP contribution in [0.5, 0.6) is 0 Å². The number of nitrogens with zero attached hydrogens (tertiary/aromatic N) is 1. The van der Waals surface area contributed by atoms with Crippen molar-refractivity contribution in [1.29, 1.82) is 0 Å². The van der Waals surface area contributed by atoms with E-state index in [2.05, 4.69) is 10.0 Å². The van der Waals surface area contributed by atoms with Crippen LogP contribution in [0.2, 0.25) is 0 Å². The molecular formula is C28H27N3O5S2. The number of nitrogens with one attached hydrogen (secondary N) is 2. The molecule has 4 aromatic rings. The molecule has 0 bridgehead atoms. The number of hydrogen-bond acceptors (Lipinski definition) is 5. The van der Waals surface area contributed by atoms with Crippen LogP contribution >= 0.6 is 0 Å². The van der Waals surface area contributed by atoms with Crippen molar-refractivity contribution in [1.82, 2.24) is 0 Å². The standard InChI is InChI=1S/C28H27N3O5S2/c1-21-17-18-22(2)27(19-21)31(38(35,36)24-13-7-4-8-14-24)20-28(32)29-25-15-9-10-16-26(25)30-37(33,34)23-11-5-3-6-12-23/h3-19,30H,20H2,1-2H3,(H,29,32). The molecule has 0 spiro atoms. The largest absolute Gasteiger partial charge is 0.323 e. The van der Waals surface area contributed by atoms with Gasteiger partial charge in [0.05, 0.1) is 26.9 Å². The zero-order valence-corrected chi connectivity index (χ0v) is 22.5. The second kappa shape index (κ2) is 11.1. The van der Waals surface area contributed by atoms with E-state index < -0.39 is 32.5 Å². The molecule has 0 unspecified atom stereocenters. The van der Waals surface area contributed by atoms with Crippen molar-refractivity contribution in [3.8, 4) is 0 Å². The van der Waals surface area contributed by atoms with E-state index in [9.17, 15) is 21.6 Å². The van der Waals surface area contributed by atoms with E-state index in [-0.39, 0.29) is 21.2 Å². The number of carbonyl (C=O) groups is 1. The van der Waals surface area contributed by atoms with Crippen molar-refractivity contribution in [3.05, 3.63) is 114 Å². The molecule has 196 valence electrons. The summed E-state index contributed by atoms with van der Waals surface area (Å²) in [7, 11) is -8.01. The summed E-state index contributed by atoms with van der Waals surface area (Å²) in [5, 5.41) is 2.67. The van der Waals surface area contributed by atoms with Crippen molar-refractivity contribution in [2.24, 2.45) is 0 Å². The molecule has 4 aromatic carbocycles. The Morgan fingerprint density at radius 3 is 1.89 bits per heavy atom. The molecule has 0 aliphatic heterocycles. The predicted molar refractivity (Wildman–Crippen MR) is 149 cm³/mol. The van der Waals surface area contributed by atoms with Gasteiger partial charge in [0.1, 0.15) is 6.54 Å². The Morgan fingerprint density at radius 1 is 0.711 bits per heavy atom. The fourth-order valence-electron chi connectivity index (χ4n) is 3.81. The molecule has 0 radical (unpaired) electrons. The van der Waals surface area contributed by atoms with Gasteiger partial charge in [0, 0.05) is 0 Å². The van der Waals surface area contributed by atoms with Gasteiger partial charge < -0.3 is 5.32 Å². The average Bonchev–Trinajstić information content (AvgIpc) is 2.91. The topological polar surface area (TPSA) is 113 Å². The molecular weight excluding hydrogens is 522 g/mol. The molecule has 0 aromatic heterocycles. The summed E-state index contributed by atoms with van der Waals surface area (Å²) in [6.45, 7) is 3.08. The van der Waals surface area contributed by atoms with Gasteiger partial charge in [-0.2, -0.15) is 0 Å². The van der Waals surface area contributed by atoms with E-state index in [0.29, 0.717) is 11.3 Å². The Morgan fingerprint density at radius 2 is 1.26 bits per heavy atom. The molecule has 10 heteroatoms. The maximum atomic E-state index is 13.6. The lowest BCUT2D eigenvalue weighted by Gasteiger charge is -2.26. The monoisotopic (exact) mass is 549 g/mol. The van der Waals surface area contributed by atoms with Gasteiger partial charge in [-0.25, -0.2) is 16.8 Å². The third kappa shape index (κ3) is 6.04. The van der Waals surface area contributed by atoms with Crippen LogP contribution in [0.25, 0.3) is 0 Å². The fraction of sp³-hybridized carbons (Fsp3) is 0.107. The van der Waals surface area contributed by atoms with Crippen LogP contribution in [0, 0.1) is 13.8 Å². The van der Waals surface area contributed by atoms with Gasteiger partial charge in [0.25, 0.3) is 20.0 Å². The molecule has 0 aliphatic rings. The lowest BCUT2D eigenvalue weighted by atomic mass is 10.1. The van der Waals surface area contributed by atoms with Crippen LogP contribution in [0.4, 0.5) is 17.1 Å². The number of rotatable bonds is 9. The minimum atomic E-state index is -4.09. The molecule has 1 amide bonds. The third-order valence-electron chi connectivity index (χ3n) is 5.75. The highest BCUT2D eigenvalue weighted by Crippen LogP contribution is 2.29. The number of anilines is 3. The molecule has 8 nitrogen and oxygen atoms in total. The van der Waals surface area contributed by atoms with E-state index in [4.69, 9.17) is 0 Å². The number of benzene rings is 4. The zero-order chi connectivity index (χ0) is 27.3. The molecule has 0 fully saturated rings. The lowest BCUT2D eigenvalue weighted by molar-refractivity contribution is -0.114. The number of amides is 1. The Labute approximate surface area is 223 Å². The minimum Gasteiger partial charge on any atom is -0.323 e. The predicted octanol–water partition coefficient (Wildman–Crippen LogP) is 4.94. The van der Waals surface area contributed by atoms with Crippen molar-refractivity contribution < 1.29 is 21.6 Å². The first-order chi connectivity index (χ1) is 18.1. The number of carbonyl (C=O) groups excluding carboxylic acids is 1. The number of para-hydroxylation sites is 2. The third-order valence-corrected chi connectivity index (χ3v) is 8.91. The second-order valence-electron chi connectivity index (χ2n) is 8.63. The van der Waals surface area contributed by atoms with Gasteiger partial charge in [0.15, 0.2) is 0 Å². The molecule has 0 heterocycles. The highest BCUT2D eigenvalue weighted by molar-refractivity contribution is 7.93. The van der Waals surface area contributed by atoms with Gasteiger partial charge in [-0.15, -0.1) is 0 Å². The van der Waals surface area contributed by atoms with Crippen molar-refractivity contribution in [3.63, 3.8) is 0 Å². The highest BCUT2D eigenvalue weighted by Gasteiger charge is 2.28. The Bertz CT molecular complexity index is 1660. The first-order valence-corrected chi connectivity index (χ1v) is 14.6. The number of hydrogen-bond donors (Lipinski definition) is 2. The van der Waals surface area contributed by atoms with E-state index in [0.717, 1.165) is 9.87 Å². The van der Waals surface area contributed by atoms with Crippen LogP contribution in [-0.4, -0.2) is 29.3 Å². The highest BCUT2D eigenvalue weighted by atomic mass is 32.2. The van der Waals surface area contributed by atoms with E-state index >= 15 is 0 Å². The van der Waals surface area contributed by atoms with Crippen LogP contribution in [0.3, 0.4) is 0 Å². The van der Waals surface area contributed by atoms with Crippen molar-refractivity contribution in [2.45, 2.75) is 23.6 Å². The van der Waals surface area contributed by atoms with Crippen LogP contribution < -0.4 is 14.3 Å². The molecule has 4 rings (SSSR count). The summed E-state index contributed by atoms with van der Waals surface area (Å²) >= 11 is 0. The first kappa shape index (κ1) is 26.9. The van der Waals surface area contributed by atoms with Crippen LogP contribution in [0.1, 0.15) is 11.1 Å². The fourth-order valence-corrected chi connectivity index (χ4v) is 6.41. The summed E-state index contributed by atoms with van der Waals surface area (Å²) in [6.07, 6.45) is 0. The van der Waals surface area contributed by atoms with Crippen LogP contribution in [0.15, 0.2) is 113 Å². The summed E-state index contributed by atoms with van der Waals surface area (Å²) in [4.78, 5) is 13.4. The summed E-state index contributed by atoms with van der Waals surface area (Å²) in [5.41, 5.74) is 2.23. The van der Waals surface area contributed by atoms with Gasteiger partial charge in [-0.05, 0) is 67.4 Å². The average molecular weight is 550 g/mol. The molecule has 38 heavy (non-hydrogen) atoms. The minimum absolute atomic E-state index is 0.0460. The van der Waals surface area contributed by atoms with Gasteiger partial charge in [-0.3, -0.25) is 13.8 Å². The summed E-state index contributed by atoms with van der Waals surface area (Å²) in [6, 6.07) is 27.4. The smallest absolute Gasteiger partial charge is 0.264 e. The van der Waals surface area contributed by atoms with Crippen molar-refractivity contribution >= 4 is 43.0 Å². The van der Waals surface area contributed by atoms with Gasteiger partial charge >= 0.3 is 0 Å². The second-order valence-corrected chi connectivity index (χ2v) is 12.2. The molecule has 0 saturated heterocycles. The Balaban J connectivity index is 1.65. The summed E-state index contributed by atoms with van der Waals surface area (Å²) in [5.74, 6) is -0.642. The SMILES string of the molecule is Cc1ccc(C)c(N(CC(=O)Nc2ccccc2NS(=O)(=O)c2ccccc2)S(=O)(=O)c2ccccc2)c1. The maximum Gasteiger partial charge on any atom is 0.264 e. The number of aryl methyl sites for hydroxylation is 2. The summed E-state index contributed by atoms with van der Waals surface area (Å²) < 4.78 is 56.6. The quantitative estimate of drug-likeness (QED) is 0.307. The van der Waals surface area contributed by atoms with Crippen molar-refractivity contribution in [2.75, 3.05) is 20.9 Å².